The third kappa shape index (κ3) is 0.725. The molecule has 2 aliphatic heterocycles. The molecule has 0 spiro atoms. The van der Waals surface area contributed by atoms with E-state index in [0.29, 0.717) is 6.04 Å². The SMILES string of the molecule is CC1=NC2CC(S1)C2C. The van der Waals surface area contributed by atoms with Crippen molar-refractivity contribution in [2.24, 2.45) is 10.9 Å². The highest BCUT2D eigenvalue weighted by molar-refractivity contribution is 8.14. The van der Waals surface area contributed by atoms with E-state index < -0.39 is 0 Å². The second kappa shape index (κ2) is 1.75. The fraction of sp³-hybridized carbons (Fsp3) is 0.857. The molecule has 2 bridgehead atoms. The largest absolute Gasteiger partial charge is 0.280 e. The predicted molar refractivity (Wildman–Crippen MR) is 42.1 cm³/mol. The average Bonchev–Trinajstić information content (AvgIpc) is 1.87. The van der Waals surface area contributed by atoms with E-state index in [1.165, 1.54) is 11.5 Å². The Morgan fingerprint density at radius 3 is 2.78 bits per heavy atom. The van der Waals surface area contributed by atoms with E-state index in [2.05, 4.69) is 18.8 Å². The Kier molecular flexibility index (Phi) is 1.12. The number of aliphatic imine (C=N–C) groups is 1. The Balaban J connectivity index is 2.19. The number of thioether (sulfide) groups is 1. The monoisotopic (exact) mass is 141 g/mol. The van der Waals surface area contributed by atoms with Gasteiger partial charge in [-0.2, -0.15) is 0 Å². The maximum absolute atomic E-state index is 4.51. The quantitative estimate of drug-likeness (QED) is 0.502. The average molecular weight is 141 g/mol. The fourth-order valence-corrected chi connectivity index (χ4v) is 2.85. The lowest BCUT2D eigenvalue weighted by atomic mass is 9.81. The molecule has 3 atom stereocenters. The summed E-state index contributed by atoms with van der Waals surface area (Å²) in [6.07, 6.45) is 1.34. The third-order valence-electron chi connectivity index (χ3n) is 2.34. The topological polar surface area (TPSA) is 12.4 Å². The van der Waals surface area contributed by atoms with Crippen LogP contribution in [-0.4, -0.2) is 16.3 Å². The molecule has 2 heteroatoms. The van der Waals surface area contributed by atoms with Crippen LogP contribution < -0.4 is 0 Å². The van der Waals surface area contributed by atoms with Crippen molar-refractivity contribution in [1.82, 2.24) is 0 Å². The third-order valence-corrected chi connectivity index (χ3v) is 3.71. The summed E-state index contributed by atoms with van der Waals surface area (Å²) in [5.41, 5.74) is 0. The van der Waals surface area contributed by atoms with Crippen LogP contribution in [0.3, 0.4) is 0 Å². The van der Waals surface area contributed by atoms with Crippen LogP contribution >= 0.6 is 11.8 Å². The number of nitrogens with zero attached hydrogens (tertiary/aromatic N) is 1. The summed E-state index contributed by atoms with van der Waals surface area (Å²) in [5.74, 6) is 0.860. The molecule has 3 aliphatic rings. The van der Waals surface area contributed by atoms with Crippen molar-refractivity contribution in [3.05, 3.63) is 0 Å². The first-order valence-electron chi connectivity index (χ1n) is 3.48. The molecule has 3 unspecified atom stereocenters. The zero-order valence-corrected chi connectivity index (χ0v) is 6.61. The summed E-state index contributed by atoms with van der Waals surface area (Å²) in [6.45, 7) is 4.43. The van der Waals surface area contributed by atoms with Gasteiger partial charge in [0.2, 0.25) is 0 Å². The lowest BCUT2D eigenvalue weighted by Gasteiger charge is -2.43. The first-order valence-corrected chi connectivity index (χ1v) is 4.36. The molecule has 0 N–H and O–H groups in total. The Hall–Kier alpha value is 0.0200. The minimum absolute atomic E-state index is 0.691. The molecule has 1 fully saturated rings. The first kappa shape index (κ1) is 5.78. The van der Waals surface area contributed by atoms with Crippen LogP contribution in [0.15, 0.2) is 4.99 Å². The van der Waals surface area contributed by atoms with Gasteiger partial charge >= 0.3 is 0 Å². The molecule has 1 aliphatic carbocycles. The van der Waals surface area contributed by atoms with Gasteiger partial charge < -0.3 is 0 Å². The fourth-order valence-electron chi connectivity index (χ4n) is 1.53. The van der Waals surface area contributed by atoms with Crippen LogP contribution in [0.5, 0.6) is 0 Å². The maximum Gasteiger partial charge on any atom is 0.0651 e. The lowest BCUT2D eigenvalue weighted by Crippen LogP contribution is -2.44. The Morgan fingerprint density at radius 2 is 2.44 bits per heavy atom. The van der Waals surface area contributed by atoms with Gasteiger partial charge in [-0.3, -0.25) is 4.99 Å². The zero-order valence-electron chi connectivity index (χ0n) is 5.79. The van der Waals surface area contributed by atoms with Crippen LogP contribution in [-0.2, 0) is 0 Å². The molecule has 0 saturated heterocycles. The van der Waals surface area contributed by atoms with Crippen molar-refractivity contribution < 1.29 is 0 Å². The molecule has 3 rings (SSSR count). The second-order valence-corrected chi connectivity index (χ2v) is 4.40. The Morgan fingerprint density at radius 1 is 1.67 bits per heavy atom. The minimum atomic E-state index is 0.691. The summed E-state index contributed by atoms with van der Waals surface area (Å²) < 4.78 is 0. The molecule has 0 aromatic rings. The van der Waals surface area contributed by atoms with Crippen LogP contribution in [0.1, 0.15) is 20.3 Å². The van der Waals surface area contributed by atoms with Gasteiger partial charge in [0.25, 0.3) is 0 Å². The number of rotatable bonds is 0. The number of fused-ring (bicyclic) bond motifs is 1. The van der Waals surface area contributed by atoms with Gasteiger partial charge in [0.15, 0.2) is 0 Å². The summed E-state index contributed by atoms with van der Waals surface area (Å²) in [5, 5.41) is 2.21. The standard InChI is InChI=1S/C7H11NS/c1-4-6-3-7(4)9-5(2)8-6/h4,6-7H,3H2,1-2H3. The molecule has 0 radical (unpaired) electrons. The van der Waals surface area contributed by atoms with Gasteiger partial charge in [-0.25, -0.2) is 0 Å². The molecule has 1 saturated carbocycles. The van der Waals surface area contributed by atoms with E-state index in [1.807, 2.05) is 11.8 Å². The van der Waals surface area contributed by atoms with Crippen LogP contribution in [0, 0.1) is 5.92 Å². The highest BCUT2D eigenvalue weighted by Crippen LogP contribution is 2.44. The molecular formula is C7H11NS. The molecular weight excluding hydrogens is 130 g/mol. The summed E-state index contributed by atoms with van der Waals surface area (Å²) in [4.78, 5) is 4.51. The molecule has 0 aromatic carbocycles. The van der Waals surface area contributed by atoms with Crippen molar-refractivity contribution in [3.8, 4) is 0 Å². The molecule has 50 valence electrons. The summed E-state index contributed by atoms with van der Waals surface area (Å²) >= 11 is 1.97. The normalized spacial score (nSPS) is 47.8. The van der Waals surface area contributed by atoms with Gasteiger partial charge in [-0.1, -0.05) is 6.92 Å². The summed E-state index contributed by atoms with van der Waals surface area (Å²) in [6, 6.07) is 0.691. The Labute approximate surface area is 59.9 Å². The molecule has 1 nitrogen and oxygen atoms in total. The van der Waals surface area contributed by atoms with E-state index in [4.69, 9.17) is 0 Å². The molecule has 9 heavy (non-hydrogen) atoms. The number of hydrogen-bond acceptors (Lipinski definition) is 2. The van der Waals surface area contributed by atoms with Gasteiger partial charge in [0.05, 0.1) is 11.1 Å². The highest BCUT2D eigenvalue weighted by Gasteiger charge is 2.41. The van der Waals surface area contributed by atoms with E-state index in [1.54, 1.807) is 0 Å². The van der Waals surface area contributed by atoms with Gasteiger partial charge in [0.1, 0.15) is 0 Å². The molecule has 0 aromatic heterocycles. The van der Waals surface area contributed by atoms with E-state index >= 15 is 0 Å². The second-order valence-electron chi connectivity index (χ2n) is 2.97. The summed E-state index contributed by atoms with van der Waals surface area (Å²) in [7, 11) is 0. The van der Waals surface area contributed by atoms with Crippen LogP contribution in [0.2, 0.25) is 0 Å². The zero-order chi connectivity index (χ0) is 6.43. The van der Waals surface area contributed by atoms with Gasteiger partial charge in [-0.05, 0) is 19.3 Å². The molecule has 0 amide bonds. The van der Waals surface area contributed by atoms with Gasteiger partial charge in [-0.15, -0.1) is 11.8 Å². The Bertz CT molecular complexity index is 164. The minimum Gasteiger partial charge on any atom is -0.280 e. The lowest BCUT2D eigenvalue weighted by molar-refractivity contribution is 0.295. The van der Waals surface area contributed by atoms with Crippen molar-refractivity contribution in [2.75, 3.05) is 0 Å². The van der Waals surface area contributed by atoms with Crippen molar-refractivity contribution in [1.29, 1.82) is 0 Å². The van der Waals surface area contributed by atoms with Crippen molar-refractivity contribution in [3.63, 3.8) is 0 Å². The van der Waals surface area contributed by atoms with Crippen LogP contribution in [0.25, 0.3) is 0 Å². The van der Waals surface area contributed by atoms with Crippen molar-refractivity contribution in [2.45, 2.75) is 31.6 Å². The highest BCUT2D eigenvalue weighted by atomic mass is 32.2. The van der Waals surface area contributed by atoms with E-state index in [-0.39, 0.29) is 0 Å². The first-order chi connectivity index (χ1) is 4.27. The number of hydrogen-bond donors (Lipinski definition) is 0. The predicted octanol–water partition coefficient (Wildman–Crippen LogP) is 1.93. The van der Waals surface area contributed by atoms with E-state index in [9.17, 15) is 0 Å². The smallest absolute Gasteiger partial charge is 0.0651 e. The van der Waals surface area contributed by atoms with Crippen LogP contribution in [0.4, 0.5) is 0 Å². The molecule has 2 heterocycles. The van der Waals surface area contributed by atoms with Gasteiger partial charge in [0, 0.05) is 5.25 Å². The maximum atomic E-state index is 4.51. The van der Waals surface area contributed by atoms with E-state index in [0.717, 1.165) is 11.2 Å². The van der Waals surface area contributed by atoms with Crippen molar-refractivity contribution >= 4 is 16.8 Å².